The zero-order valence-corrected chi connectivity index (χ0v) is 16.9. The van der Waals surface area contributed by atoms with Gasteiger partial charge in [-0.1, -0.05) is 36.4 Å². The molecule has 0 saturated carbocycles. The lowest BCUT2D eigenvalue weighted by Gasteiger charge is -2.34. The number of nitrogens with one attached hydrogen (secondary N) is 1. The molecule has 3 heterocycles. The molecular formula is C24H24N4O2. The van der Waals surface area contributed by atoms with E-state index in [1.54, 1.807) is 18.0 Å². The molecule has 5 rings (SSSR count). The monoisotopic (exact) mass is 400 g/mol. The van der Waals surface area contributed by atoms with Crippen molar-refractivity contribution in [3.8, 4) is 0 Å². The standard InChI is InChI=1S/C24H24N4O2/c1-16(29)27-14-12-17-7-2-3-8-18(17)22(27)15-23(30)28-13-6-11-21(28)24-25-19-9-4-5-10-20(19)26-24/h2-5,7-10,12,14,21-22H,6,11,13,15H2,1H3,(H,25,26). The highest BCUT2D eigenvalue weighted by Gasteiger charge is 2.35. The average Bonchev–Trinajstić information content (AvgIpc) is 3.40. The first-order chi connectivity index (χ1) is 14.6. The summed E-state index contributed by atoms with van der Waals surface area (Å²) in [7, 11) is 0. The lowest BCUT2D eigenvalue weighted by atomic mass is 9.93. The lowest BCUT2D eigenvalue weighted by molar-refractivity contribution is -0.135. The second-order valence-corrected chi connectivity index (χ2v) is 7.98. The number of imidazole rings is 1. The van der Waals surface area contributed by atoms with Crippen LogP contribution in [0.3, 0.4) is 0 Å². The number of H-pyrrole nitrogens is 1. The van der Waals surface area contributed by atoms with Crippen molar-refractivity contribution in [1.82, 2.24) is 19.8 Å². The van der Waals surface area contributed by atoms with Crippen LogP contribution in [0.5, 0.6) is 0 Å². The number of hydrogen-bond acceptors (Lipinski definition) is 3. The molecule has 30 heavy (non-hydrogen) atoms. The van der Waals surface area contributed by atoms with Crippen molar-refractivity contribution in [2.24, 2.45) is 0 Å². The van der Waals surface area contributed by atoms with Crippen LogP contribution >= 0.6 is 0 Å². The SMILES string of the molecule is CC(=O)N1C=Cc2ccccc2C1CC(=O)N1CCCC1c1nc2ccccc2[nH]1. The van der Waals surface area contributed by atoms with Gasteiger partial charge in [0.1, 0.15) is 5.82 Å². The molecule has 152 valence electrons. The molecule has 1 aromatic heterocycles. The van der Waals surface area contributed by atoms with Gasteiger partial charge in [-0.25, -0.2) is 4.98 Å². The highest BCUT2D eigenvalue weighted by Crippen LogP contribution is 2.37. The van der Waals surface area contributed by atoms with E-state index in [9.17, 15) is 9.59 Å². The van der Waals surface area contributed by atoms with Crippen LogP contribution in [-0.4, -0.2) is 38.1 Å². The zero-order valence-electron chi connectivity index (χ0n) is 16.9. The number of para-hydroxylation sites is 2. The van der Waals surface area contributed by atoms with Gasteiger partial charge in [0.2, 0.25) is 11.8 Å². The molecule has 0 spiro atoms. The van der Waals surface area contributed by atoms with Crippen LogP contribution in [-0.2, 0) is 9.59 Å². The molecule has 2 amide bonds. The van der Waals surface area contributed by atoms with Gasteiger partial charge in [0.15, 0.2) is 0 Å². The van der Waals surface area contributed by atoms with Gasteiger partial charge < -0.3 is 14.8 Å². The minimum absolute atomic E-state index is 0.0509. The number of rotatable bonds is 3. The number of nitrogens with zero attached hydrogens (tertiary/aromatic N) is 3. The van der Waals surface area contributed by atoms with Crippen LogP contribution in [0.1, 0.15) is 55.2 Å². The summed E-state index contributed by atoms with van der Waals surface area (Å²) in [4.78, 5) is 37.4. The lowest BCUT2D eigenvalue weighted by Crippen LogP contribution is -2.37. The summed E-state index contributed by atoms with van der Waals surface area (Å²) < 4.78 is 0. The first-order valence-corrected chi connectivity index (χ1v) is 10.4. The van der Waals surface area contributed by atoms with Crippen LogP contribution < -0.4 is 0 Å². The maximum absolute atomic E-state index is 13.4. The molecule has 6 nitrogen and oxygen atoms in total. The number of amides is 2. The molecule has 2 aromatic carbocycles. The molecule has 2 unspecified atom stereocenters. The predicted molar refractivity (Wildman–Crippen MR) is 115 cm³/mol. The van der Waals surface area contributed by atoms with E-state index in [0.717, 1.165) is 40.8 Å². The van der Waals surface area contributed by atoms with E-state index < -0.39 is 0 Å². The molecule has 1 fully saturated rings. The zero-order chi connectivity index (χ0) is 20.7. The number of carbonyl (C=O) groups is 2. The Morgan fingerprint density at radius 1 is 1.13 bits per heavy atom. The molecule has 2 atom stereocenters. The summed E-state index contributed by atoms with van der Waals surface area (Å²) in [5, 5.41) is 0. The Labute approximate surface area is 175 Å². The summed E-state index contributed by atoms with van der Waals surface area (Å²) in [5.74, 6) is 0.836. The molecule has 0 aliphatic carbocycles. The first-order valence-electron chi connectivity index (χ1n) is 10.4. The maximum atomic E-state index is 13.4. The quantitative estimate of drug-likeness (QED) is 0.717. The van der Waals surface area contributed by atoms with Crippen LogP contribution in [0.25, 0.3) is 17.1 Å². The smallest absolute Gasteiger partial charge is 0.225 e. The van der Waals surface area contributed by atoms with Gasteiger partial charge in [-0.2, -0.15) is 0 Å². The van der Waals surface area contributed by atoms with E-state index in [2.05, 4.69) is 4.98 Å². The molecule has 1 saturated heterocycles. The van der Waals surface area contributed by atoms with Crippen molar-refractivity contribution in [1.29, 1.82) is 0 Å². The molecule has 2 aliphatic rings. The number of fused-ring (bicyclic) bond motifs is 2. The molecule has 0 radical (unpaired) electrons. The van der Waals surface area contributed by atoms with E-state index in [4.69, 9.17) is 4.98 Å². The van der Waals surface area contributed by atoms with Gasteiger partial charge in [-0.3, -0.25) is 9.59 Å². The van der Waals surface area contributed by atoms with E-state index in [1.165, 1.54) is 0 Å². The molecule has 2 aliphatic heterocycles. The van der Waals surface area contributed by atoms with Crippen molar-refractivity contribution in [3.05, 3.63) is 71.7 Å². The first kappa shape index (κ1) is 18.6. The van der Waals surface area contributed by atoms with Crippen molar-refractivity contribution >= 4 is 28.9 Å². The maximum Gasteiger partial charge on any atom is 0.225 e. The third-order valence-electron chi connectivity index (χ3n) is 6.13. The topological polar surface area (TPSA) is 69.3 Å². The fourth-order valence-corrected chi connectivity index (χ4v) is 4.68. The Balaban J connectivity index is 1.42. The number of carbonyl (C=O) groups excluding carboxylic acids is 2. The Kier molecular flexibility index (Phi) is 4.62. The predicted octanol–water partition coefficient (Wildman–Crippen LogP) is 4.19. The number of aromatic amines is 1. The molecule has 3 aromatic rings. The minimum Gasteiger partial charge on any atom is -0.340 e. The van der Waals surface area contributed by atoms with Gasteiger partial charge in [0.25, 0.3) is 0 Å². The van der Waals surface area contributed by atoms with Gasteiger partial charge >= 0.3 is 0 Å². The van der Waals surface area contributed by atoms with Gasteiger partial charge in [0.05, 0.1) is 29.5 Å². The Hall–Kier alpha value is -3.41. The average molecular weight is 400 g/mol. The number of benzene rings is 2. The van der Waals surface area contributed by atoms with E-state index in [1.807, 2.05) is 59.5 Å². The number of aromatic nitrogens is 2. The van der Waals surface area contributed by atoms with Crippen LogP contribution in [0.2, 0.25) is 0 Å². The molecule has 0 bridgehead atoms. The van der Waals surface area contributed by atoms with Crippen molar-refractivity contribution in [2.75, 3.05) is 6.54 Å². The number of hydrogen-bond donors (Lipinski definition) is 1. The third-order valence-corrected chi connectivity index (χ3v) is 6.13. The molecule has 1 N–H and O–H groups in total. The van der Waals surface area contributed by atoms with Crippen LogP contribution in [0.15, 0.2) is 54.7 Å². The number of likely N-dealkylation sites (tertiary alicyclic amines) is 1. The minimum atomic E-state index is -0.284. The summed E-state index contributed by atoms with van der Waals surface area (Å²) >= 11 is 0. The van der Waals surface area contributed by atoms with Crippen LogP contribution in [0, 0.1) is 0 Å². The Bertz CT molecular complexity index is 1120. The second-order valence-electron chi connectivity index (χ2n) is 7.98. The fourth-order valence-electron chi connectivity index (χ4n) is 4.68. The summed E-state index contributed by atoms with van der Waals surface area (Å²) in [6, 6.07) is 15.6. The third kappa shape index (κ3) is 3.18. The summed E-state index contributed by atoms with van der Waals surface area (Å²) in [6.07, 6.45) is 5.83. The van der Waals surface area contributed by atoms with Crippen molar-refractivity contribution in [2.45, 2.75) is 38.3 Å². The molecule has 6 heteroatoms. The normalized spacial score (nSPS) is 20.6. The van der Waals surface area contributed by atoms with E-state index >= 15 is 0 Å². The second kappa shape index (κ2) is 7.44. The van der Waals surface area contributed by atoms with Crippen LogP contribution in [0.4, 0.5) is 0 Å². The van der Waals surface area contributed by atoms with Gasteiger partial charge in [0, 0.05) is 19.7 Å². The van der Waals surface area contributed by atoms with E-state index in [-0.39, 0.29) is 30.3 Å². The van der Waals surface area contributed by atoms with Gasteiger partial charge in [-0.15, -0.1) is 0 Å². The van der Waals surface area contributed by atoms with Crippen molar-refractivity contribution in [3.63, 3.8) is 0 Å². The largest absolute Gasteiger partial charge is 0.340 e. The van der Waals surface area contributed by atoms with Crippen molar-refractivity contribution < 1.29 is 9.59 Å². The molecular weight excluding hydrogens is 376 g/mol. The highest BCUT2D eigenvalue weighted by atomic mass is 16.2. The van der Waals surface area contributed by atoms with E-state index in [0.29, 0.717) is 6.54 Å². The highest BCUT2D eigenvalue weighted by molar-refractivity contribution is 5.82. The Morgan fingerprint density at radius 2 is 1.93 bits per heavy atom. The fraction of sp³-hybridized carbons (Fsp3) is 0.292. The summed E-state index contributed by atoms with van der Waals surface area (Å²) in [5.41, 5.74) is 3.98. The summed E-state index contributed by atoms with van der Waals surface area (Å²) in [6.45, 7) is 2.26. The van der Waals surface area contributed by atoms with Gasteiger partial charge in [-0.05, 0) is 42.2 Å². The Morgan fingerprint density at radius 3 is 2.77 bits per heavy atom.